The Bertz CT molecular complexity index is 1170. The highest BCUT2D eigenvalue weighted by Crippen LogP contribution is 2.50. The third-order valence-corrected chi connectivity index (χ3v) is 8.07. The molecule has 194 valence electrons. The third-order valence-electron chi connectivity index (χ3n) is 8.07. The summed E-state index contributed by atoms with van der Waals surface area (Å²) in [7, 11) is 3.34. The first-order valence-corrected chi connectivity index (χ1v) is 12.6. The number of piperidine rings is 1. The van der Waals surface area contributed by atoms with Crippen LogP contribution < -0.4 is 14.8 Å². The van der Waals surface area contributed by atoms with Gasteiger partial charge in [0.05, 0.1) is 31.7 Å². The van der Waals surface area contributed by atoms with Crippen molar-refractivity contribution in [3.05, 3.63) is 53.1 Å². The summed E-state index contributed by atoms with van der Waals surface area (Å²) in [6.45, 7) is 8.54. The molecule has 1 spiro atoms. The van der Waals surface area contributed by atoms with Crippen molar-refractivity contribution in [2.45, 2.75) is 58.0 Å². The van der Waals surface area contributed by atoms with Gasteiger partial charge in [-0.25, -0.2) is 9.69 Å². The molecule has 2 fully saturated rings. The minimum absolute atomic E-state index is 0.0899. The van der Waals surface area contributed by atoms with E-state index >= 15 is 0 Å². The minimum Gasteiger partial charge on any atom is -0.497 e. The first-order chi connectivity index (χ1) is 17.3. The average molecular weight is 497 g/mol. The van der Waals surface area contributed by atoms with E-state index in [2.05, 4.69) is 35.0 Å². The maximum atomic E-state index is 13.0. The maximum Gasteiger partial charge on any atom is 0.321 e. The lowest BCUT2D eigenvalue weighted by Gasteiger charge is -2.44. The summed E-state index contributed by atoms with van der Waals surface area (Å²) in [6.07, 6.45) is 4.59. The van der Waals surface area contributed by atoms with Crippen molar-refractivity contribution in [1.29, 1.82) is 0 Å². The van der Waals surface area contributed by atoms with Crippen LogP contribution in [0.15, 0.2) is 40.7 Å². The molecule has 1 aromatic heterocycles. The number of benzene rings is 1. The largest absolute Gasteiger partial charge is 0.497 e. The fourth-order valence-corrected chi connectivity index (χ4v) is 6.24. The number of likely N-dealkylation sites (N-methyl/N-ethyl adjacent to an activating group) is 1. The number of nitrogens with one attached hydrogen (secondary N) is 1. The van der Waals surface area contributed by atoms with E-state index in [0.717, 1.165) is 41.2 Å². The zero-order valence-corrected chi connectivity index (χ0v) is 21.7. The van der Waals surface area contributed by atoms with Crippen LogP contribution in [0.25, 0.3) is 0 Å². The first-order valence-electron chi connectivity index (χ1n) is 12.6. The van der Waals surface area contributed by atoms with Crippen LogP contribution in [0.2, 0.25) is 0 Å². The monoisotopic (exact) mass is 496 g/mol. The summed E-state index contributed by atoms with van der Waals surface area (Å²) >= 11 is 0. The molecule has 0 bridgehead atoms. The van der Waals surface area contributed by atoms with Gasteiger partial charge >= 0.3 is 6.03 Å². The van der Waals surface area contributed by atoms with Gasteiger partial charge in [-0.2, -0.15) is 0 Å². The van der Waals surface area contributed by atoms with E-state index in [-0.39, 0.29) is 17.5 Å². The Kier molecular flexibility index (Phi) is 6.38. The molecule has 2 unspecified atom stereocenters. The number of ether oxygens (including phenoxy) is 2. The molecule has 36 heavy (non-hydrogen) atoms. The molecule has 2 atom stereocenters. The first kappa shape index (κ1) is 24.5. The Labute approximate surface area is 212 Å². The molecule has 9 nitrogen and oxygen atoms in total. The zero-order valence-electron chi connectivity index (χ0n) is 21.7. The second kappa shape index (κ2) is 9.37. The standard InChI is InChI=1S/C27H36N4O5/c1-6-31-26(33)30-16-19-14-20(34-4)15-22(35-5)24(19)17(2)13-23(30)27(31)8-10-29(11-9-27)25(32)28-21-7-12-36-18(21)3/h7,12-15,17,26,33H,6,8-11,16H2,1-5H3,(H,28,32). The van der Waals surface area contributed by atoms with Crippen molar-refractivity contribution in [2.75, 3.05) is 39.2 Å². The minimum atomic E-state index is -0.745. The Morgan fingerprint density at radius 1 is 1.25 bits per heavy atom. The molecule has 2 N–H and O–H groups in total. The van der Waals surface area contributed by atoms with E-state index in [9.17, 15) is 9.90 Å². The number of carbonyl (C=O) groups excluding carboxylic acids is 1. The van der Waals surface area contributed by atoms with Crippen LogP contribution >= 0.6 is 0 Å². The van der Waals surface area contributed by atoms with Gasteiger partial charge in [0.25, 0.3) is 0 Å². The number of amides is 2. The molecule has 2 amide bonds. The van der Waals surface area contributed by atoms with Gasteiger partial charge in [-0.05, 0) is 31.4 Å². The molecule has 4 heterocycles. The molecule has 5 rings (SSSR count). The number of hydrogen-bond acceptors (Lipinski definition) is 7. The number of aliphatic hydroxyl groups excluding tert-OH is 1. The molecule has 1 aromatic carbocycles. The fourth-order valence-electron chi connectivity index (χ4n) is 6.24. The van der Waals surface area contributed by atoms with Crippen molar-refractivity contribution in [2.24, 2.45) is 0 Å². The summed E-state index contributed by atoms with van der Waals surface area (Å²) in [5.41, 5.74) is 3.69. The lowest BCUT2D eigenvalue weighted by atomic mass is 9.82. The summed E-state index contributed by atoms with van der Waals surface area (Å²) in [5.74, 6) is 2.32. The normalized spacial score (nSPS) is 23.1. The molecule has 0 saturated carbocycles. The van der Waals surface area contributed by atoms with E-state index in [4.69, 9.17) is 13.9 Å². The van der Waals surface area contributed by atoms with Crippen LogP contribution in [0.4, 0.5) is 10.5 Å². The Morgan fingerprint density at radius 2 is 2.00 bits per heavy atom. The molecule has 3 aliphatic rings. The zero-order chi connectivity index (χ0) is 25.6. The van der Waals surface area contributed by atoms with Crippen LogP contribution in [0.5, 0.6) is 11.5 Å². The Balaban J connectivity index is 1.44. The molecule has 9 heteroatoms. The number of fused-ring (bicyclic) bond motifs is 3. The van der Waals surface area contributed by atoms with Crippen molar-refractivity contribution in [3.63, 3.8) is 0 Å². The third kappa shape index (κ3) is 3.81. The van der Waals surface area contributed by atoms with E-state index < -0.39 is 6.35 Å². The number of hydrogen-bond donors (Lipinski definition) is 2. The number of anilines is 1. The van der Waals surface area contributed by atoms with E-state index in [1.165, 1.54) is 0 Å². The van der Waals surface area contributed by atoms with Gasteiger partial charge in [0.1, 0.15) is 17.3 Å². The molecular formula is C27H36N4O5. The predicted molar refractivity (Wildman–Crippen MR) is 136 cm³/mol. The van der Waals surface area contributed by atoms with E-state index in [0.29, 0.717) is 37.6 Å². The summed E-state index contributed by atoms with van der Waals surface area (Å²) in [6, 6.07) is 5.61. The summed E-state index contributed by atoms with van der Waals surface area (Å²) in [4.78, 5) is 19.1. The van der Waals surface area contributed by atoms with Crippen LogP contribution in [0.3, 0.4) is 0 Å². The van der Waals surface area contributed by atoms with Crippen LogP contribution in [-0.4, -0.2) is 71.6 Å². The number of aryl methyl sites for hydroxylation is 1. The van der Waals surface area contributed by atoms with Crippen LogP contribution in [0.1, 0.15) is 49.5 Å². The smallest absolute Gasteiger partial charge is 0.321 e. The number of likely N-dealkylation sites (tertiary alicyclic amines) is 1. The quantitative estimate of drug-likeness (QED) is 0.659. The van der Waals surface area contributed by atoms with E-state index in [1.807, 2.05) is 24.0 Å². The number of methoxy groups -OCH3 is 2. The van der Waals surface area contributed by atoms with Gasteiger partial charge in [-0.3, -0.25) is 0 Å². The SMILES string of the molecule is CCN1C(O)N2Cc3cc(OC)cc(OC)c3C(C)C=C2C12CCN(C(=O)Nc1ccoc1C)CC2. The van der Waals surface area contributed by atoms with Crippen LogP contribution in [0, 0.1) is 6.92 Å². The van der Waals surface area contributed by atoms with Gasteiger partial charge in [0.15, 0.2) is 6.35 Å². The molecule has 0 aliphatic carbocycles. The lowest BCUT2D eigenvalue weighted by Crippen LogP contribution is -2.56. The summed E-state index contributed by atoms with van der Waals surface area (Å²) < 4.78 is 16.6. The van der Waals surface area contributed by atoms with Crippen LogP contribution in [-0.2, 0) is 6.54 Å². The molecule has 2 saturated heterocycles. The molecular weight excluding hydrogens is 460 g/mol. The van der Waals surface area contributed by atoms with Crippen molar-refractivity contribution < 1.29 is 23.8 Å². The van der Waals surface area contributed by atoms with Gasteiger partial charge < -0.3 is 34.1 Å². The number of aliphatic hydroxyl groups is 1. The van der Waals surface area contributed by atoms with E-state index in [1.54, 1.807) is 26.5 Å². The number of furan rings is 1. The molecule has 3 aliphatic heterocycles. The number of carbonyl (C=O) groups is 1. The molecule has 2 aromatic rings. The lowest BCUT2D eigenvalue weighted by molar-refractivity contribution is -0.0848. The maximum absolute atomic E-state index is 13.0. The highest BCUT2D eigenvalue weighted by atomic mass is 16.5. The Morgan fingerprint density at radius 3 is 2.61 bits per heavy atom. The highest BCUT2D eigenvalue weighted by molar-refractivity contribution is 5.89. The van der Waals surface area contributed by atoms with Crippen molar-refractivity contribution >= 4 is 11.7 Å². The number of nitrogens with zero attached hydrogens (tertiary/aromatic N) is 3. The van der Waals surface area contributed by atoms with Gasteiger partial charge in [-0.1, -0.05) is 19.9 Å². The predicted octanol–water partition coefficient (Wildman–Crippen LogP) is 4.09. The number of urea groups is 1. The van der Waals surface area contributed by atoms with Crippen molar-refractivity contribution in [1.82, 2.24) is 14.7 Å². The number of rotatable bonds is 4. The van der Waals surface area contributed by atoms with Gasteiger partial charge in [0.2, 0.25) is 0 Å². The summed E-state index contributed by atoms with van der Waals surface area (Å²) in [5, 5.41) is 14.5. The van der Waals surface area contributed by atoms with Gasteiger partial charge in [0, 0.05) is 55.5 Å². The second-order valence-electron chi connectivity index (χ2n) is 9.84. The topological polar surface area (TPSA) is 90.7 Å². The fraction of sp³-hybridized carbons (Fsp3) is 0.519. The van der Waals surface area contributed by atoms with Crippen molar-refractivity contribution in [3.8, 4) is 11.5 Å². The number of allylic oxidation sites excluding steroid dienone is 1. The molecule has 0 radical (unpaired) electrons. The average Bonchev–Trinajstić information content (AvgIpc) is 3.31. The Hall–Kier alpha value is -3.17. The second-order valence-corrected chi connectivity index (χ2v) is 9.84. The highest BCUT2D eigenvalue weighted by Gasteiger charge is 2.55. The van der Waals surface area contributed by atoms with Gasteiger partial charge in [-0.15, -0.1) is 0 Å².